The molecule has 2 aromatic carbocycles. The van der Waals surface area contributed by atoms with E-state index in [0.29, 0.717) is 5.92 Å². The normalized spacial score (nSPS) is 21.6. The number of nitrogens with one attached hydrogen (secondary N) is 1. The highest BCUT2D eigenvalue weighted by molar-refractivity contribution is 5.82. The zero-order chi connectivity index (χ0) is 14.8. The number of amides is 1. The van der Waals surface area contributed by atoms with Crippen LogP contribution in [0.3, 0.4) is 0 Å². The second kappa shape index (κ2) is 5.72. The molecule has 1 N–H and O–H groups in total. The molecular formula is C19H21NO. The van der Waals surface area contributed by atoms with Gasteiger partial charge >= 0.3 is 0 Å². The number of carbonyl (C=O) groups excluding carboxylic acids is 1. The monoisotopic (exact) mass is 279 g/mol. The van der Waals surface area contributed by atoms with Crippen LogP contribution in [0.5, 0.6) is 0 Å². The van der Waals surface area contributed by atoms with Crippen LogP contribution < -0.4 is 5.32 Å². The molecule has 0 heterocycles. The Kier molecular flexibility index (Phi) is 3.78. The van der Waals surface area contributed by atoms with Crippen molar-refractivity contribution < 1.29 is 4.79 Å². The van der Waals surface area contributed by atoms with Gasteiger partial charge in [-0.3, -0.25) is 4.79 Å². The van der Waals surface area contributed by atoms with Crippen LogP contribution in [0, 0.1) is 18.8 Å². The first-order chi connectivity index (χ1) is 10.1. The molecule has 2 heteroatoms. The summed E-state index contributed by atoms with van der Waals surface area (Å²) in [6, 6.07) is 18.5. The Labute approximate surface area is 126 Å². The number of hydrogen-bond acceptors (Lipinski definition) is 1. The van der Waals surface area contributed by atoms with Gasteiger partial charge in [-0.1, -0.05) is 67.1 Å². The molecule has 3 atom stereocenters. The van der Waals surface area contributed by atoms with E-state index in [1.807, 2.05) is 18.2 Å². The van der Waals surface area contributed by atoms with Gasteiger partial charge in [-0.05, 0) is 30.4 Å². The molecule has 108 valence electrons. The maximum atomic E-state index is 12.3. The Hall–Kier alpha value is -2.09. The molecule has 1 aliphatic rings. The topological polar surface area (TPSA) is 29.1 Å². The third-order valence-electron chi connectivity index (χ3n) is 4.28. The number of aryl methyl sites for hydroxylation is 1. The molecule has 3 rings (SSSR count). The van der Waals surface area contributed by atoms with Crippen LogP contribution in [-0.2, 0) is 4.79 Å². The zero-order valence-electron chi connectivity index (χ0n) is 12.5. The highest BCUT2D eigenvalue weighted by atomic mass is 16.2. The highest BCUT2D eigenvalue weighted by Gasteiger charge is 2.39. The van der Waals surface area contributed by atoms with E-state index in [-0.39, 0.29) is 17.9 Å². The molecule has 2 nitrogen and oxygen atoms in total. The molecule has 3 unspecified atom stereocenters. The van der Waals surface area contributed by atoms with Gasteiger partial charge in [-0.25, -0.2) is 0 Å². The predicted octanol–water partition coefficient (Wildman–Crippen LogP) is 3.86. The van der Waals surface area contributed by atoms with E-state index in [2.05, 4.69) is 55.6 Å². The molecule has 0 aromatic heterocycles. The van der Waals surface area contributed by atoms with Gasteiger partial charge in [-0.2, -0.15) is 0 Å². The summed E-state index contributed by atoms with van der Waals surface area (Å²) in [6.07, 6.45) is 1.02. The first-order valence-electron chi connectivity index (χ1n) is 7.57. The third-order valence-corrected chi connectivity index (χ3v) is 4.28. The van der Waals surface area contributed by atoms with Gasteiger partial charge in [0, 0.05) is 5.92 Å². The summed E-state index contributed by atoms with van der Waals surface area (Å²) < 4.78 is 0. The standard InChI is InChI=1S/C19H21NO/c1-13-8-10-16(11-9-13)18(15-6-4-3-5-7-15)20-19(21)17-12-14(17)2/h3-11,14,17-18H,12H2,1-2H3,(H,20,21). The Bertz CT molecular complexity index is 618. The fourth-order valence-corrected chi connectivity index (χ4v) is 2.70. The van der Waals surface area contributed by atoms with Crippen LogP contribution in [-0.4, -0.2) is 5.91 Å². The van der Waals surface area contributed by atoms with Gasteiger partial charge in [0.15, 0.2) is 0 Å². The first-order valence-corrected chi connectivity index (χ1v) is 7.57. The van der Waals surface area contributed by atoms with Crippen molar-refractivity contribution in [3.05, 3.63) is 71.3 Å². The SMILES string of the molecule is Cc1ccc(C(NC(=O)C2CC2C)c2ccccc2)cc1. The molecule has 0 spiro atoms. The fourth-order valence-electron chi connectivity index (χ4n) is 2.70. The first kappa shape index (κ1) is 13.9. The summed E-state index contributed by atoms with van der Waals surface area (Å²) in [4.78, 5) is 12.3. The van der Waals surface area contributed by atoms with Crippen molar-refractivity contribution in [2.24, 2.45) is 11.8 Å². The van der Waals surface area contributed by atoms with Gasteiger partial charge in [0.1, 0.15) is 0 Å². The Morgan fingerprint density at radius 1 is 1.05 bits per heavy atom. The molecule has 1 amide bonds. The van der Waals surface area contributed by atoms with E-state index >= 15 is 0 Å². The van der Waals surface area contributed by atoms with Crippen LogP contribution in [0.15, 0.2) is 54.6 Å². The molecule has 2 aromatic rings. The Balaban J connectivity index is 1.87. The van der Waals surface area contributed by atoms with Crippen molar-refractivity contribution in [2.45, 2.75) is 26.3 Å². The summed E-state index contributed by atoms with van der Waals surface area (Å²) in [5.41, 5.74) is 3.49. The van der Waals surface area contributed by atoms with Crippen LogP contribution >= 0.6 is 0 Å². The van der Waals surface area contributed by atoms with Crippen LogP contribution in [0.2, 0.25) is 0 Å². The van der Waals surface area contributed by atoms with E-state index < -0.39 is 0 Å². The van der Waals surface area contributed by atoms with Crippen LogP contribution in [0.4, 0.5) is 0 Å². The van der Waals surface area contributed by atoms with Gasteiger partial charge in [0.25, 0.3) is 0 Å². The lowest BCUT2D eigenvalue weighted by atomic mass is 9.97. The Morgan fingerprint density at radius 2 is 1.62 bits per heavy atom. The molecule has 1 saturated carbocycles. The molecule has 0 radical (unpaired) electrons. The van der Waals surface area contributed by atoms with Crippen LogP contribution in [0.1, 0.15) is 36.1 Å². The largest absolute Gasteiger partial charge is 0.345 e. The van der Waals surface area contributed by atoms with Crippen molar-refractivity contribution in [1.29, 1.82) is 0 Å². The van der Waals surface area contributed by atoms with Gasteiger partial charge in [0.05, 0.1) is 6.04 Å². The molecule has 1 aliphatic carbocycles. The van der Waals surface area contributed by atoms with Crippen LogP contribution in [0.25, 0.3) is 0 Å². The number of carbonyl (C=O) groups is 1. The van der Waals surface area contributed by atoms with E-state index in [1.54, 1.807) is 0 Å². The number of hydrogen-bond donors (Lipinski definition) is 1. The summed E-state index contributed by atoms with van der Waals surface area (Å²) in [7, 11) is 0. The molecule has 1 fully saturated rings. The zero-order valence-corrected chi connectivity index (χ0v) is 12.5. The minimum atomic E-state index is -0.0629. The molecule has 21 heavy (non-hydrogen) atoms. The minimum absolute atomic E-state index is 0.0629. The van der Waals surface area contributed by atoms with Crippen molar-refractivity contribution in [3.8, 4) is 0 Å². The minimum Gasteiger partial charge on any atom is -0.345 e. The third kappa shape index (κ3) is 3.15. The number of rotatable bonds is 4. The summed E-state index contributed by atoms with van der Waals surface area (Å²) in [6.45, 7) is 4.21. The average molecular weight is 279 g/mol. The summed E-state index contributed by atoms with van der Waals surface area (Å²) in [5, 5.41) is 3.22. The van der Waals surface area contributed by atoms with Crippen molar-refractivity contribution >= 4 is 5.91 Å². The lowest BCUT2D eigenvalue weighted by Gasteiger charge is -2.20. The Morgan fingerprint density at radius 3 is 2.19 bits per heavy atom. The molecular weight excluding hydrogens is 258 g/mol. The van der Waals surface area contributed by atoms with Crippen molar-refractivity contribution in [2.75, 3.05) is 0 Å². The number of benzene rings is 2. The van der Waals surface area contributed by atoms with Gasteiger partial charge < -0.3 is 5.32 Å². The van der Waals surface area contributed by atoms with E-state index in [4.69, 9.17) is 0 Å². The molecule has 0 saturated heterocycles. The predicted molar refractivity (Wildman–Crippen MR) is 84.9 cm³/mol. The van der Waals surface area contributed by atoms with Gasteiger partial charge in [-0.15, -0.1) is 0 Å². The highest BCUT2D eigenvalue weighted by Crippen LogP contribution is 2.38. The molecule has 0 aliphatic heterocycles. The summed E-state index contributed by atoms with van der Waals surface area (Å²) in [5.74, 6) is 0.901. The molecule has 0 bridgehead atoms. The van der Waals surface area contributed by atoms with E-state index in [0.717, 1.165) is 17.5 Å². The smallest absolute Gasteiger partial charge is 0.224 e. The second-order valence-electron chi connectivity index (χ2n) is 6.08. The lowest BCUT2D eigenvalue weighted by molar-refractivity contribution is -0.123. The lowest BCUT2D eigenvalue weighted by Crippen LogP contribution is -2.30. The van der Waals surface area contributed by atoms with E-state index in [1.165, 1.54) is 5.56 Å². The quantitative estimate of drug-likeness (QED) is 0.904. The second-order valence-corrected chi connectivity index (χ2v) is 6.08. The maximum Gasteiger partial charge on any atom is 0.224 e. The maximum absolute atomic E-state index is 12.3. The van der Waals surface area contributed by atoms with Gasteiger partial charge in [0.2, 0.25) is 5.91 Å². The van der Waals surface area contributed by atoms with Crippen molar-refractivity contribution in [1.82, 2.24) is 5.32 Å². The summed E-state index contributed by atoms with van der Waals surface area (Å²) >= 11 is 0. The van der Waals surface area contributed by atoms with E-state index in [9.17, 15) is 4.79 Å². The average Bonchev–Trinajstić information content (AvgIpc) is 3.24. The fraction of sp³-hybridized carbons (Fsp3) is 0.316. The van der Waals surface area contributed by atoms with Crippen molar-refractivity contribution in [3.63, 3.8) is 0 Å².